The average molecular weight is 259 g/mol. The highest BCUT2D eigenvalue weighted by Gasteiger charge is 2.07. The van der Waals surface area contributed by atoms with Gasteiger partial charge in [0.15, 0.2) is 0 Å². The van der Waals surface area contributed by atoms with Crippen LogP contribution >= 0.6 is 0 Å². The van der Waals surface area contributed by atoms with E-state index < -0.39 is 0 Å². The highest BCUT2D eigenvalue weighted by atomic mass is 16.2. The van der Waals surface area contributed by atoms with Crippen molar-refractivity contribution in [3.63, 3.8) is 0 Å². The van der Waals surface area contributed by atoms with Crippen molar-refractivity contribution in [2.75, 3.05) is 14.2 Å². The third-order valence-corrected chi connectivity index (χ3v) is 3.05. The van der Waals surface area contributed by atoms with Crippen LogP contribution in [0.1, 0.15) is 28.8 Å². The molecule has 3 nitrogen and oxygen atoms in total. The van der Waals surface area contributed by atoms with Crippen LogP contribution in [0.25, 0.3) is 0 Å². The maximum Gasteiger partial charge on any atom is 0.150 e. The quantitative estimate of drug-likeness (QED) is 0.817. The minimum atomic E-state index is 0.744. The fourth-order valence-electron chi connectivity index (χ4n) is 2.16. The fraction of sp³-hybridized carbons (Fsp3) is 0.312. The van der Waals surface area contributed by atoms with Gasteiger partial charge in [-0.2, -0.15) is 0 Å². The van der Waals surface area contributed by atoms with Gasteiger partial charge in [0.25, 0.3) is 0 Å². The Labute approximate surface area is 114 Å². The molecule has 0 spiro atoms. The molecule has 1 aliphatic rings. The third kappa shape index (κ3) is 4.38. The molecule has 0 radical (unpaired) electrons. The Morgan fingerprint density at radius 3 is 2.84 bits per heavy atom. The monoisotopic (exact) mass is 259 g/mol. The molecule has 0 fully saturated rings. The number of hydrogen-bond donors (Lipinski definition) is 2. The number of aliphatic hydroxyl groups excluding tert-OH is 1. The maximum absolute atomic E-state index is 10.7. The first-order valence-electron chi connectivity index (χ1n) is 6.38. The van der Waals surface area contributed by atoms with Crippen LogP contribution in [0.15, 0.2) is 47.7 Å². The fourth-order valence-corrected chi connectivity index (χ4v) is 2.16. The lowest BCUT2D eigenvalue weighted by Crippen LogP contribution is -2.11. The van der Waals surface area contributed by atoms with Crippen LogP contribution < -0.4 is 5.32 Å². The normalized spacial score (nSPS) is 13.6. The summed E-state index contributed by atoms with van der Waals surface area (Å²) in [5, 5.41) is 10.3. The Hall–Kier alpha value is -1.87. The number of aliphatic hydroxyl groups is 1. The second-order valence-electron chi connectivity index (χ2n) is 4.23. The summed E-state index contributed by atoms with van der Waals surface area (Å²) in [4.78, 5) is 10.7. The van der Waals surface area contributed by atoms with Gasteiger partial charge in [0.05, 0.1) is 0 Å². The molecule has 19 heavy (non-hydrogen) atoms. The second kappa shape index (κ2) is 8.27. The van der Waals surface area contributed by atoms with Crippen molar-refractivity contribution in [3.05, 3.63) is 58.8 Å². The van der Waals surface area contributed by atoms with Gasteiger partial charge in [0, 0.05) is 25.4 Å². The summed E-state index contributed by atoms with van der Waals surface area (Å²) in [7, 11) is 2.97. The van der Waals surface area contributed by atoms with Gasteiger partial charge in [-0.1, -0.05) is 30.4 Å². The van der Waals surface area contributed by atoms with E-state index in [1.54, 1.807) is 0 Å². The Morgan fingerprint density at radius 1 is 1.37 bits per heavy atom. The molecule has 0 saturated carbocycles. The zero-order chi connectivity index (χ0) is 14.1. The summed E-state index contributed by atoms with van der Waals surface area (Å²) in [5.74, 6) is 0. The van der Waals surface area contributed by atoms with Gasteiger partial charge in [0.1, 0.15) is 6.29 Å². The van der Waals surface area contributed by atoms with E-state index in [9.17, 15) is 4.79 Å². The number of nitrogens with one attached hydrogen (secondary N) is 1. The summed E-state index contributed by atoms with van der Waals surface area (Å²) in [6, 6.07) is 7.79. The van der Waals surface area contributed by atoms with Gasteiger partial charge in [-0.3, -0.25) is 4.79 Å². The molecular weight excluding hydrogens is 238 g/mol. The molecule has 0 amide bonds. The summed E-state index contributed by atoms with van der Waals surface area (Å²) in [6.07, 6.45) is 8.36. The smallest absolute Gasteiger partial charge is 0.150 e. The predicted molar refractivity (Wildman–Crippen MR) is 78.1 cm³/mol. The number of aldehydes is 1. The Kier molecular flexibility index (Phi) is 6.61. The van der Waals surface area contributed by atoms with Crippen molar-refractivity contribution in [1.29, 1.82) is 0 Å². The lowest BCUT2D eigenvalue weighted by atomic mass is 9.96. The summed E-state index contributed by atoms with van der Waals surface area (Å²) in [5.41, 5.74) is 4.56. The second-order valence-corrected chi connectivity index (χ2v) is 4.23. The van der Waals surface area contributed by atoms with Crippen LogP contribution in [0.3, 0.4) is 0 Å². The van der Waals surface area contributed by atoms with Gasteiger partial charge in [-0.25, -0.2) is 0 Å². The van der Waals surface area contributed by atoms with E-state index in [4.69, 9.17) is 5.11 Å². The summed E-state index contributed by atoms with van der Waals surface area (Å²) >= 11 is 0. The molecule has 0 heterocycles. The molecule has 1 aromatic rings. The average Bonchev–Trinajstić information content (AvgIpc) is 2.50. The molecule has 1 aromatic carbocycles. The van der Waals surface area contributed by atoms with Crippen LogP contribution in [-0.2, 0) is 6.42 Å². The highest BCUT2D eigenvalue weighted by molar-refractivity contribution is 5.75. The Bertz CT molecular complexity index is 475. The number of hydrogen-bond acceptors (Lipinski definition) is 3. The third-order valence-electron chi connectivity index (χ3n) is 3.05. The molecule has 0 atom stereocenters. The van der Waals surface area contributed by atoms with E-state index in [2.05, 4.69) is 23.5 Å². The first kappa shape index (κ1) is 15.2. The van der Waals surface area contributed by atoms with Gasteiger partial charge in [-0.15, -0.1) is 0 Å². The molecule has 2 rings (SSSR count). The number of carbonyl (C=O) groups is 1. The van der Waals surface area contributed by atoms with Gasteiger partial charge in [-0.05, 0) is 36.5 Å². The number of allylic oxidation sites excluding steroid dienone is 4. The number of carbonyl (C=O) groups excluding carboxylic acids is 1. The van der Waals surface area contributed by atoms with Gasteiger partial charge < -0.3 is 10.4 Å². The van der Waals surface area contributed by atoms with Crippen molar-refractivity contribution in [3.8, 4) is 0 Å². The van der Waals surface area contributed by atoms with Crippen molar-refractivity contribution < 1.29 is 9.90 Å². The van der Waals surface area contributed by atoms with Crippen molar-refractivity contribution in [1.82, 2.24) is 5.32 Å². The number of benzene rings is 1. The molecule has 0 aromatic heterocycles. The van der Waals surface area contributed by atoms with Crippen LogP contribution in [0.4, 0.5) is 0 Å². The maximum atomic E-state index is 10.7. The first-order chi connectivity index (χ1) is 9.33. The SMILES string of the molecule is CNC1=C(Cc2cccc(C=O)c2)C=CCC1.CO. The standard InChI is InChI=1S/C15H17NO.CH4O/c1-16-15-8-3-2-7-14(15)10-12-5-4-6-13(9-12)11-17;1-2/h2,4-7,9,11,16H,3,8,10H2,1H3;2H,1H3. The van der Waals surface area contributed by atoms with Crippen molar-refractivity contribution >= 4 is 6.29 Å². The van der Waals surface area contributed by atoms with Crippen LogP contribution in [0.2, 0.25) is 0 Å². The van der Waals surface area contributed by atoms with Crippen LogP contribution in [0.5, 0.6) is 0 Å². The van der Waals surface area contributed by atoms with E-state index in [1.807, 2.05) is 25.2 Å². The van der Waals surface area contributed by atoms with Gasteiger partial charge >= 0.3 is 0 Å². The van der Waals surface area contributed by atoms with E-state index in [0.717, 1.165) is 38.2 Å². The van der Waals surface area contributed by atoms with Crippen LogP contribution in [-0.4, -0.2) is 25.6 Å². The summed E-state index contributed by atoms with van der Waals surface area (Å²) < 4.78 is 0. The summed E-state index contributed by atoms with van der Waals surface area (Å²) in [6.45, 7) is 0. The molecule has 0 bridgehead atoms. The molecule has 2 N–H and O–H groups in total. The molecule has 0 aliphatic heterocycles. The van der Waals surface area contributed by atoms with Crippen LogP contribution in [0, 0.1) is 0 Å². The van der Waals surface area contributed by atoms with E-state index in [0.29, 0.717) is 0 Å². The highest BCUT2D eigenvalue weighted by Crippen LogP contribution is 2.20. The molecule has 1 aliphatic carbocycles. The van der Waals surface area contributed by atoms with Crippen molar-refractivity contribution in [2.24, 2.45) is 0 Å². The minimum absolute atomic E-state index is 0.744. The lowest BCUT2D eigenvalue weighted by molar-refractivity contribution is 0.112. The van der Waals surface area contributed by atoms with E-state index in [1.165, 1.54) is 16.8 Å². The number of rotatable bonds is 4. The van der Waals surface area contributed by atoms with E-state index in [-0.39, 0.29) is 0 Å². The zero-order valence-corrected chi connectivity index (χ0v) is 11.5. The largest absolute Gasteiger partial charge is 0.400 e. The lowest BCUT2D eigenvalue weighted by Gasteiger charge is -2.16. The molecule has 102 valence electrons. The zero-order valence-electron chi connectivity index (χ0n) is 11.5. The molecule has 0 unspecified atom stereocenters. The van der Waals surface area contributed by atoms with Gasteiger partial charge in [0.2, 0.25) is 0 Å². The molecule has 0 saturated heterocycles. The Morgan fingerprint density at radius 2 is 2.16 bits per heavy atom. The molecular formula is C16H21NO2. The topological polar surface area (TPSA) is 49.3 Å². The first-order valence-corrected chi connectivity index (χ1v) is 6.38. The minimum Gasteiger partial charge on any atom is -0.400 e. The predicted octanol–water partition coefficient (Wildman–Crippen LogP) is 2.47. The Balaban J connectivity index is 0.000000861. The molecule has 3 heteroatoms. The van der Waals surface area contributed by atoms with E-state index >= 15 is 0 Å². The van der Waals surface area contributed by atoms with Crippen molar-refractivity contribution in [2.45, 2.75) is 19.3 Å².